The summed E-state index contributed by atoms with van der Waals surface area (Å²) in [5.74, 6) is 1.54. The predicted octanol–water partition coefficient (Wildman–Crippen LogP) is 5.49. The molecule has 0 radical (unpaired) electrons. The van der Waals surface area contributed by atoms with Gasteiger partial charge in [-0.25, -0.2) is 0 Å². The zero-order chi connectivity index (χ0) is 19.2. The van der Waals surface area contributed by atoms with Crippen LogP contribution < -0.4 is 10.1 Å². The molecule has 1 aliphatic rings. The molecule has 2 rings (SSSR count). The molecule has 0 spiro atoms. The number of hydrogen-bond donors (Lipinski definition) is 1. The number of ether oxygens (including phenoxy) is 2. The van der Waals surface area contributed by atoms with Crippen LogP contribution in [0.25, 0.3) is 0 Å². The van der Waals surface area contributed by atoms with Gasteiger partial charge in [0.05, 0.1) is 6.10 Å². The highest BCUT2D eigenvalue weighted by atomic mass is 16.5. The molecule has 1 atom stereocenters. The first-order valence-corrected chi connectivity index (χ1v) is 10.1. The fourth-order valence-electron chi connectivity index (χ4n) is 3.37. The fraction of sp³-hybridized carbons (Fsp3) is 0.682. The van der Waals surface area contributed by atoms with Gasteiger partial charge >= 0.3 is 0 Å². The van der Waals surface area contributed by atoms with Crippen molar-refractivity contribution in [2.45, 2.75) is 84.8 Å². The van der Waals surface area contributed by atoms with Crippen LogP contribution >= 0.6 is 0 Å². The van der Waals surface area contributed by atoms with Gasteiger partial charge in [0.25, 0.3) is 5.91 Å². The molecule has 4 heteroatoms. The Balaban J connectivity index is 2.09. The standard InChI is InChI=1S/C22H35NO3/c1-6-14-25-22(12-10-16(3)11-13-22)21(24)23-19-8-9-20(17(4)15-19)26-18(5)7-2/h8-9,15-16,18H,6-7,10-14H2,1-5H3,(H,23,24). The van der Waals surface area contributed by atoms with Crippen molar-refractivity contribution in [3.63, 3.8) is 0 Å². The Labute approximate surface area is 158 Å². The van der Waals surface area contributed by atoms with Crippen LogP contribution in [0.2, 0.25) is 0 Å². The number of rotatable bonds is 8. The van der Waals surface area contributed by atoms with E-state index in [4.69, 9.17) is 9.47 Å². The van der Waals surface area contributed by atoms with Gasteiger partial charge in [0.2, 0.25) is 0 Å². The van der Waals surface area contributed by atoms with Crippen molar-refractivity contribution in [2.24, 2.45) is 5.92 Å². The normalized spacial score (nSPS) is 24.1. The number of nitrogens with one attached hydrogen (secondary N) is 1. The lowest BCUT2D eigenvalue weighted by molar-refractivity contribution is -0.147. The zero-order valence-corrected chi connectivity index (χ0v) is 17.1. The van der Waals surface area contributed by atoms with Gasteiger partial charge in [-0.2, -0.15) is 0 Å². The van der Waals surface area contributed by atoms with Crippen molar-refractivity contribution in [3.8, 4) is 5.75 Å². The highest BCUT2D eigenvalue weighted by molar-refractivity contribution is 5.97. The van der Waals surface area contributed by atoms with Crippen molar-refractivity contribution in [1.82, 2.24) is 0 Å². The first-order valence-electron chi connectivity index (χ1n) is 10.1. The lowest BCUT2D eigenvalue weighted by Crippen LogP contribution is -2.48. The SMILES string of the molecule is CCCOC1(C(=O)Nc2ccc(OC(C)CC)c(C)c2)CCC(C)CC1. The van der Waals surface area contributed by atoms with Crippen molar-refractivity contribution >= 4 is 11.6 Å². The average Bonchev–Trinajstić information content (AvgIpc) is 2.63. The van der Waals surface area contributed by atoms with E-state index in [1.807, 2.05) is 25.1 Å². The van der Waals surface area contributed by atoms with E-state index in [9.17, 15) is 4.79 Å². The molecule has 1 aromatic rings. The maximum atomic E-state index is 13.1. The number of carbonyl (C=O) groups excluding carboxylic acids is 1. The Bertz CT molecular complexity index is 586. The van der Waals surface area contributed by atoms with E-state index in [-0.39, 0.29) is 12.0 Å². The third kappa shape index (κ3) is 5.23. The molecule has 1 aromatic carbocycles. The van der Waals surface area contributed by atoms with Crippen LogP contribution in [0.4, 0.5) is 5.69 Å². The van der Waals surface area contributed by atoms with Gasteiger partial charge < -0.3 is 14.8 Å². The summed E-state index contributed by atoms with van der Waals surface area (Å²) >= 11 is 0. The second kappa shape index (κ2) is 9.40. The first kappa shape index (κ1) is 20.8. The third-order valence-electron chi connectivity index (χ3n) is 5.41. The van der Waals surface area contributed by atoms with E-state index in [0.29, 0.717) is 12.5 Å². The van der Waals surface area contributed by atoms with Crippen LogP contribution in [0.5, 0.6) is 5.75 Å². The molecule has 4 nitrogen and oxygen atoms in total. The maximum absolute atomic E-state index is 13.1. The van der Waals surface area contributed by atoms with Gasteiger partial charge in [0.1, 0.15) is 11.4 Å². The molecule has 1 fully saturated rings. The predicted molar refractivity (Wildman–Crippen MR) is 107 cm³/mol. The molecule has 1 aliphatic carbocycles. The topological polar surface area (TPSA) is 47.6 Å². The van der Waals surface area contributed by atoms with Crippen LogP contribution in [0.15, 0.2) is 18.2 Å². The Morgan fingerprint density at radius 1 is 1.31 bits per heavy atom. The second-order valence-electron chi connectivity index (χ2n) is 7.80. The van der Waals surface area contributed by atoms with Crippen LogP contribution in [0.1, 0.15) is 71.8 Å². The molecule has 1 amide bonds. The number of hydrogen-bond acceptors (Lipinski definition) is 3. The minimum Gasteiger partial charge on any atom is -0.490 e. The van der Waals surface area contributed by atoms with Crippen LogP contribution in [0, 0.1) is 12.8 Å². The highest BCUT2D eigenvalue weighted by Crippen LogP contribution is 2.36. The fourth-order valence-corrected chi connectivity index (χ4v) is 3.37. The molecule has 1 N–H and O–H groups in total. The summed E-state index contributed by atoms with van der Waals surface area (Å²) in [5.41, 5.74) is 1.16. The molecule has 146 valence electrons. The van der Waals surface area contributed by atoms with Crippen molar-refractivity contribution in [1.29, 1.82) is 0 Å². The summed E-state index contributed by atoms with van der Waals surface area (Å²) in [5, 5.41) is 3.09. The molecule has 0 bridgehead atoms. The van der Waals surface area contributed by atoms with E-state index >= 15 is 0 Å². The van der Waals surface area contributed by atoms with Gasteiger partial charge in [0.15, 0.2) is 0 Å². The third-order valence-corrected chi connectivity index (χ3v) is 5.41. The van der Waals surface area contributed by atoms with E-state index in [1.165, 1.54) is 0 Å². The van der Waals surface area contributed by atoms with Gasteiger partial charge in [0, 0.05) is 12.3 Å². The Hall–Kier alpha value is -1.55. The van der Waals surface area contributed by atoms with E-state index in [1.54, 1.807) is 0 Å². The molecular weight excluding hydrogens is 326 g/mol. The van der Waals surface area contributed by atoms with Crippen LogP contribution in [-0.4, -0.2) is 24.2 Å². The molecule has 0 aromatic heterocycles. The van der Waals surface area contributed by atoms with Gasteiger partial charge in [-0.05, 0) is 82.1 Å². The largest absolute Gasteiger partial charge is 0.490 e. The summed E-state index contributed by atoms with van der Waals surface area (Å²) in [7, 11) is 0. The Morgan fingerprint density at radius 2 is 2.00 bits per heavy atom. The zero-order valence-electron chi connectivity index (χ0n) is 17.1. The minimum absolute atomic E-state index is 0.00663. The molecule has 0 heterocycles. The van der Waals surface area contributed by atoms with Crippen LogP contribution in [-0.2, 0) is 9.53 Å². The summed E-state index contributed by atoms with van der Waals surface area (Å²) in [6, 6.07) is 5.84. The lowest BCUT2D eigenvalue weighted by Gasteiger charge is -2.38. The first-order chi connectivity index (χ1) is 12.4. The highest BCUT2D eigenvalue weighted by Gasteiger charge is 2.42. The van der Waals surface area contributed by atoms with Crippen molar-refractivity contribution in [3.05, 3.63) is 23.8 Å². The number of carbonyl (C=O) groups is 1. The van der Waals surface area contributed by atoms with E-state index < -0.39 is 5.60 Å². The van der Waals surface area contributed by atoms with E-state index in [2.05, 4.69) is 33.0 Å². The molecular formula is C22H35NO3. The Kier molecular flexibility index (Phi) is 7.51. The van der Waals surface area contributed by atoms with E-state index in [0.717, 1.165) is 55.5 Å². The van der Waals surface area contributed by atoms with Gasteiger partial charge in [-0.3, -0.25) is 4.79 Å². The molecule has 26 heavy (non-hydrogen) atoms. The molecule has 1 unspecified atom stereocenters. The minimum atomic E-state index is -0.678. The molecule has 1 saturated carbocycles. The van der Waals surface area contributed by atoms with Crippen molar-refractivity contribution in [2.75, 3.05) is 11.9 Å². The smallest absolute Gasteiger partial charge is 0.256 e. The summed E-state index contributed by atoms with van der Waals surface area (Å²) < 4.78 is 12.0. The maximum Gasteiger partial charge on any atom is 0.256 e. The van der Waals surface area contributed by atoms with Gasteiger partial charge in [-0.15, -0.1) is 0 Å². The van der Waals surface area contributed by atoms with Crippen molar-refractivity contribution < 1.29 is 14.3 Å². The number of amides is 1. The number of anilines is 1. The Morgan fingerprint density at radius 3 is 2.58 bits per heavy atom. The summed E-state index contributed by atoms with van der Waals surface area (Å²) in [6.45, 7) is 11.1. The molecule has 0 saturated heterocycles. The lowest BCUT2D eigenvalue weighted by atomic mass is 9.78. The average molecular weight is 362 g/mol. The summed E-state index contributed by atoms with van der Waals surface area (Å²) in [4.78, 5) is 13.1. The monoisotopic (exact) mass is 361 g/mol. The number of benzene rings is 1. The molecule has 0 aliphatic heterocycles. The second-order valence-corrected chi connectivity index (χ2v) is 7.80. The van der Waals surface area contributed by atoms with Crippen LogP contribution in [0.3, 0.4) is 0 Å². The summed E-state index contributed by atoms with van der Waals surface area (Å²) in [6.07, 6.45) is 5.75. The number of aryl methyl sites for hydroxylation is 1. The van der Waals surface area contributed by atoms with Gasteiger partial charge in [-0.1, -0.05) is 20.8 Å². The quantitative estimate of drug-likeness (QED) is 0.666.